The van der Waals surface area contributed by atoms with Crippen LogP contribution < -0.4 is 10.6 Å². The van der Waals surface area contributed by atoms with E-state index in [0.29, 0.717) is 29.4 Å². The number of carbonyl (C=O) groups excluding carboxylic acids is 3. The lowest BCUT2D eigenvalue weighted by atomic mass is 9.73. The average Bonchev–Trinajstić information content (AvgIpc) is 3.60. The Labute approximate surface area is 251 Å². The molecule has 42 heavy (non-hydrogen) atoms. The Balaban J connectivity index is 1.32. The van der Waals surface area contributed by atoms with Gasteiger partial charge in [-0.05, 0) is 60.1 Å². The predicted octanol–water partition coefficient (Wildman–Crippen LogP) is 5.66. The molecule has 6 rings (SSSR count). The summed E-state index contributed by atoms with van der Waals surface area (Å²) in [6.45, 7) is 13.2. The van der Waals surface area contributed by atoms with Crippen LogP contribution in [0, 0.1) is 35.5 Å². The van der Waals surface area contributed by atoms with Crippen LogP contribution in [0.2, 0.25) is 0 Å². The minimum absolute atomic E-state index is 0.0528. The third-order valence-corrected chi connectivity index (χ3v) is 11.8. The Morgan fingerprint density at radius 1 is 0.929 bits per heavy atom. The molecule has 11 atom stereocenters. The molecule has 228 valence electrons. The molecule has 7 nitrogen and oxygen atoms in total. The lowest BCUT2D eigenvalue weighted by molar-refractivity contribution is -0.146. The number of rotatable bonds is 6. The second-order valence-electron chi connectivity index (χ2n) is 14.4. The number of nitrogens with one attached hydrogen (secondary N) is 2. The van der Waals surface area contributed by atoms with Crippen molar-refractivity contribution < 1.29 is 19.1 Å². The number of nitrogens with zero attached hydrogens (tertiary/aromatic N) is 1. The first-order chi connectivity index (χ1) is 20.0. The highest BCUT2D eigenvalue weighted by molar-refractivity contribution is 6.03. The SMILES string of the molecule is CC(C)c1ccc(NC(=O)[C@H]2[C@H]3C=C[C@@]4(O3)[C@H]2C(=O)N([C@@H]2CCC[C@H](C)[C@@H]2C)[C@@H]4C(=O)N[C@@H]2CCC[C@H](C)[C@@H]2C)cc1. The summed E-state index contributed by atoms with van der Waals surface area (Å²) in [6.07, 6.45) is 9.57. The molecule has 5 aliphatic rings. The molecule has 0 radical (unpaired) electrons. The van der Waals surface area contributed by atoms with Crippen LogP contribution in [0.15, 0.2) is 36.4 Å². The van der Waals surface area contributed by atoms with Gasteiger partial charge in [0.15, 0.2) is 0 Å². The Hall–Kier alpha value is -2.67. The van der Waals surface area contributed by atoms with E-state index in [9.17, 15) is 14.4 Å². The van der Waals surface area contributed by atoms with Crippen LogP contribution in [-0.2, 0) is 19.1 Å². The molecule has 4 fully saturated rings. The second kappa shape index (κ2) is 11.1. The van der Waals surface area contributed by atoms with E-state index in [1.54, 1.807) is 0 Å². The Kier molecular flexibility index (Phi) is 7.78. The number of fused-ring (bicyclic) bond motifs is 1. The maximum Gasteiger partial charge on any atom is 0.246 e. The number of benzene rings is 1. The standard InChI is InChI=1S/C35H49N3O4/c1-19(2)24-13-15-25(16-14-24)36-32(39)29-28-17-18-35(42-28)30(29)34(41)38(27-12-8-10-21(4)23(27)6)31(35)33(40)37-26-11-7-9-20(3)22(26)5/h13-23,26-31H,7-12H2,1-6H3,(H,36,39)(H,37,40)/t20-,21-,22-,23-,26+,27+,28+,29-,30+,31+,35+/m0/s1. The fraction of sp³-hybridized carbons (Fsp3) is 0.686. The number of likely N-dealkylation sites (tertiary alicyclic amines) is 1. The van der Waals surface area contributed by atoms with Crippen LogP contribution in [-0.4, -0.2) is 52.5 Å². The van der Waals surface area contributed by atoms with E-state index in [-0.39, 0.29) is 35.7 Å². The largest absolute Gasteiger partial charge is 0.359 e. The third kappa shape index (κ3) is 4.71. The zero-order valence-electron chi connectivity index (χ0n) is 26.1. The molecule has 0 aromatic heterocycles. The number of ether oxygens (including phenoxy) is 1. The lowest BCUT2D eigenvalue weighted by Crippen LogP contribution is -2.61. The van der Waals surface area contributed by atoms with Crippen molar-refractivity contribution in [3.05, 3.63) is 42.0 Å². The molecule has 1 spiro atoms. The first-order valence-electron chi connectivity index (χ1n) is 16.4. The fourth-order valence-electron chi connectivity index (χ4n) is 8.73. The highest BCUT2D eigenvalue weighted by Gasteiger charge is 2.73. The average molecular weight is 576 g/mol. The van der Waals surface area contributed by atoms with E-state index in [2.05, 4.69) is 52.2 Å². The van der Waals surface area contributed by atoms with Crippen LogP contribution in [0.1, 0.15) is 91.5 Å². The van der Waals surface area contributed by atoms with Gasteiger partial charge in [0.25, 0.3) is 0 Å². The van der Waals surface area contributed by atoms with Crippen LogP contribution in [0.4, 0.5) is 5.69 Å². The Bertz CT molecular complexity index is 1240. The van der Waals surface area contributed by atoms with Gasteiger partial charge in [-0.25, -0.2) is 0 Å². The highest BCUT2D eigenvalue weighted by Crippen LogP contribution is 2.57. The van der Waals surface area contributed by atoms with Gasteiger partial charge in [-0.3, -0.25) is 14.4 Å². The van der Waals surface area contributed by atoms with Gasteiger partial charge in [0.1, 0.15) is 11.6 Å². The van der Waals surface area contributed by atoms with E-state index in [1.165, 1.54) is 12.0 Å². The maximum absolute atomic E-state index is 14.6. The van der Waals surface area contributed by atoms with Gasteiger partial charge in [0.2, 0.25) is 17.7 Å². The molecule has 1 aromatic carbocycles. The van der Waals surface area contributed by atoms with E-state index >= 15 is 0 Å². The van der Waals surface area contributed by atoms with Gasteiger partial charge in [0, 0.05) is 17.8 Å². The zero-order chi connectivity index (χ0) is 29.9. The van der Waals surface area contributed by atoms with Crippen molar-refractivity contribution in [2.75, 3.05) is 5.32 Å². The first-order valence-corrected chi connectivity index (χ1v) is 16.4. The molecule has 2 aliphatic carbocycles. The fourth-order valence-corrected chi connectivity index (χ4v) is 8.73. The summed E-state index contributed by atoms with van der Waals surface area (Å²) in [7, 11) is 0. The van der Waals surface area contributed by atoms with Crippen LogP contribution in [0.25, 0.3) is 0 Å². The molecule has 2 saturated heterocycles. The lowest BCUT2D eigenvalue weighted by Gasteiger charge is -2.44. The van der Waals surface area contributed by atoms with Gasteiger partial charge in [0.05, 0.1) is 17.9 Å². The van der Waals surface area contributed by atoms with Gasteiger partial charge >= 0.3 is 0 Å². The maximum atomic E-state index is 14.6. The first kappa shape index (κ1) is 29.4. The number of hydrogen-bond acceptors (Lipinski definition) is 4. The van der Waals surface area contributed by atoms with Crippen molar-refractivity contribution in [2.45, 2.75) is 116 Å². The molecule has 2 N–H and O–H groups in total. The summed E-state index contributed by atoms with van der Waals surface area (Å²) >= 11 is 0. The van der Waals surface area contributed by atoms with Crippen LogP contribution >= 0.6 is 0 Å². The summed E-state index contributed by atoms with van der Waals surface area (Å²) in [4.78, 5) is 44.8. The van der Waals surface area contributed by atoms with Crippen molar-refractivity contribution in [3.63, 3.8) is 0 Å². The van der Waals surface area contributed by atoms with Crippen molar-refractivity contribution in [2.24, 2.45) is 35.5 Å². The van der Waals surface area contributed by atoms with Gasteiger partial charge in [-0.15, -0.1) is 0 Å². The van der Waals surface area contributed by atoms with Gasteiger partial charge in [-0.1, -0.05) is 91.5 Å². The van der Waals surface area contributed by atoms with Crippen molar-refractivity contribution >= 4 is 23.4 Å². The van der Waals surface area contributed by atoms with Gasteiger partial charge < -0.3 is 20.3 Å². The topological polar surface area (TPSA) is 87.7 Å². The van der Waals surface area contributed by atoms with E-state index < -0.39 is 29.6 Å². The molecular weight excluding hydrogens is 526 g/mol. The predicted molar refractivity (Wildman–Crippen MR) is 164 cm³/mol. The summed E-state index contributed by atoms with van der Waals surface area (Å²) in [5.41, 5.74) is 0.780. The monoisotopic (exact) mass is 575 g/mol. The minimum Gasteiger partial charge on any atom is -0.359 e. The number of amides is 3. The quantitative estimate of drug-likeness (QED) is 0.428. The third-order valence-electron chi connectivity index (χ3n) is 11.8. The Morgan fingerprint density at radius 3 is 2.29 bits per heavy atom. The molecule has 0 unspecified atom stereocenters. The van der Waals surface area contributed by atoms with Crippen LogP contribution in [0.5, 0.6) is 0 Å². The number of carbonyl (C=O) groups is 3. The summed E-state index contributed by atoms with van der Waals surface area (Å²) in [5.74, 6) is 0.169. The minimum atomic E-state index is -1.13. The molecular formula is C35H49N3O4. The van der Waals surface area contributed by atoms with E-state index in [4.69, 9.17) is 4.74 Å². The van der Waals surface area contributed by atoms with Crippen molar-refractivity contribution in [1.29, 1.82) is 0 Å². The molecule has 3 heterocycles. The number of hydrogen-bond donors (Lipinski definition) is 2. The van der Waals surface area contributed by atoms with E-state index in [0.717, 1.165) is 32.1 Å². The second-order valence-corrected chi connectivity index (χ2v) is 14.4. The molecule has 2 bridgehead atoms. The Morgan fingerprint density at radius 2 is 1.60 bits per heavy atom. The molecule has 3 amide bonds. The van der Waals surface area contributed by atoms with Crippen molar-refractivity contribution in [1.82, 2.24) is 10.2 Å². The van der Waals surface area contributed by atoms with Crippen LogP contribution in [0.3, 0.4) is 0 Å². The smallest absolute Gasteiger partial charge is 0.246 e. The molecule has 1 aromatic rings. The zero-order valence-corrected chi connectivity index (χ0v) is 26.1. The molecule has 3 aliphatic heterocycles. The molecule has 7 heteroatoms. The van der Waals surface area contributed by atoms with Crippen molar-refractivity contribution in [3.8, 4) is 0 Å². The summed E-state index contributed by atoms with van der Waals surface area (Å²) < 4.78 is 6.64. The van der Waals surface area contributed by atoms with E-state index in [1.807, 2.05) is 41.3 Å². The molecule has 2 saturated carbocycles. The summed E-state index contributed by atoms with van der Waals surface area (Å²) in [6, 6.07) is 7.14. The summed E-state index contributed by atoms with van der Waals surface area (Å²) in [5, 5.41) is 6.47. The highest BCUT2D eigenvalue weighted by atomic mass is 16.5. The number of anilines is 1. The normalized spacial score (nSPS) is 40.8. The van der Waals surface area contributed by atoms with Gasteiger partial charge in [-0.2, -0.15) is 0 Å².